The van der Waals surface area contributed by atoms with Gasteiger partial charge in [-0.15, -0.1) is 5.10 Å². The Morgan fingerprint density at radius 2 is 2.20 bits per heavy atom. The van der Waals surface area contributed by atoms with Crippen molar-refractivity contribution in [2.45, 2.75) is 25.7 Å². The number of anilines is 1. The van der Waals surface area contributed by atoms with Crippen LogP contribution in [0.1, 0.15) is 30.0 Å². The van der Waals surface area contributed by atoms with E-state index in [0.717, 1.165) is 18.5 Å². The van der Waals surface area contributed by atoms with Crippen LogP contribution in [-0.2, 0) is 0 Å². The number of benzene rings is 1. The zero-order valence-corrected chi connectivity index (χ0v) is 11.5. The highest BCUT2D eigenvalue weighted by atomic mass is 35.5. The summed E-state index contributed by atoms with van der Waals surface area (Å²) in [5, 5.41) is 18.9. The molecule has 1 aromatic heterocycles. The quantitative estimate of drug-likeness (QED) is 0.692. The van der Waals surface area contributed by atoms with Gasteiger partial charge in [0.15, 0.2) is 5.82 Å². The first-order chi connectivity index (χ1) is 9.49. The van der Waals surface area contributed by atoms with Crippen LogP contribution in [0.5, 0.6) is 0 Å². The molecule has 1 fully saturated rings. The Hall–Kier alpha value is -2.15. The average Bonchev–Trinajstić information content (AvgIpc) is 3.15. The van der Waals surface area contributed by atoms with Gasteiger partial charge in [-0.05, 0) is 31.4 Å². The van der Waals surface area contributed by atoms with E-state index in [2.05, 4.69) is 10.3 Å². The van der Waals surface area contributed by atoms with Crippen LogP contribution in [0.4, 0.5) is 11.5 Å². The molecule has 2 aromatic rings. The van der Waals surface area contributed by atoms with Crippen molar-refractivity contribution >= 4 is 23.1 Å². The maximum atomic E-state index is 10.9. The lowest BCUT2D eigenvalue weighted by atomic mass is 10.1. The minimum atomic E-state index is -0.503. The van der Waals surface area contributed by atoms with Gasteiger partial charge in [0.25, 0.3) is 5.69 Å². The van der Waals surface area contributed by atoms with E-state index in [9.17, 15) is 10.1 Å². The van der Waals surface area contributed by atoms with Crippen LogP contribution in [0, 0.1) is 17.0 Å². The van der Waals surface area contributed by atoms with Crippen LogP contribution in [0.2, 0.25) is 5.02 Å². The SMILES string of the molecule is Cc1cc([N+](=O)[O-])c(Cl)cc1-n1nnc(N)c1C1CC1. The standard InChI is InChI=1S/C12H12ClN5O2/c1-6-4-10(18(19)20)8(13)5-9(6)17-11(7-2-3-7)12(14)15-16-17/h4-5,7H,2-3,14H2,1H3. The lowest BCUT2D eigenvalue weighted by molar-refractivity contribution is -0.384. The summed E-state index contributed by atoms with van der Waals surface area (Å²) in [7, 11) is 0. The zero-order valence-electron chi connectivity index (χ0n) is 10.7. The normalized spacial score (nSPS) is 14.5. The second-order valence-electron chi connectivity index (χ2n) is 4.89. The number of nitro benzene ring substituents is 1. The number of halogens is 1. The summed E-state index contributed by atoms with van der Waals surface area (Å²) in [6, 6.07) is 2.97. The van der Waals surface area contributed by atoms with Crippen molar-refractivity contribution < 1.29 is 4.92 Å². The zero-order chi connectivity index (χ0) is 14.4. The molecule has 1 aliphatic carbocycles. The Morgan fingerprint density at radius 1 is 1.50 bits per heavy atom. The number of aromatic nitrogens is 3. The molecular weight excluding hydrogens is 282 g/mol. The van der Waals surface area contributed by atoms with E-state index in [1.54, 1.807) is 11.6 Å². The van der Waals surface area contributed by atoms with Gasteiger partial charge < -0.3 is 5.73 Å². The molecule has 0 unspecified atom stereocenters. The number of nitrogen functional groups attached to an aromatic ring is 1. The molecule has 8 heteroatoms. The van der Waals surface area contributed by atoms with Gasteiger partial charge in [-0.25, -0.2) is 4.68 Å². The van der Waals surface area contributed by atoms with E-state index >= 15 is 0 Å². The average molecular weight is 294 g/mol. The highest BCUT2D eigenvalue weighted by Gasteiger charge is 2.31. The second-order valence-corrected chi connectivity index (χ2v) is 5.30. The highest BCUT2D eigenvalue weighted by Crippen LogP contribution is 2.43. The first-order valence-corrected chi connectivity index (χ1v) is 6.53. The number of nitro groups is 1. The fourth-order valence-electron chi connectivity index (χ4n) is 2.24. The Kier molecular flexibility index (Phi) is 2.86. The van der Waals surface area contributed by atoms with Gasteiger partial charge in [0.1, 0.15) is 5.02 Å². The van der Waals surface area contributed by atoms with Gasteiger partial charge in [-0.2, -0.15) is 0 Å². The highest BCUT2D eigenvalue weighted by molar-refractivity contribution is 6.32. The molecule has 0 bridgehead atoms. The third kappa shape index (κ3) is 2.00. The van der Waals surface area contributed by atoms with Gasteiger partial charge in [0.2, 0.25) is 0 Å². The third-order valence-electron chi connectivity index (χ3n) is 3.39. The Labute approximate surface area is 119 Å². The largest absolute Gasteiger partial charge is 0.381 e. The molecule has 3 rings (SSSR count). The molecule has 2 N–H and O–H groups in total. The molecule has 0 spiro atoms. The van der Waals surface area contributed by atoms with E-state index in [1.807, 2.05) is 0 Å². The van der Waals surface area contributed by atoms with E-state index < -0.39 is 4.92 Å². The van der Waals surface area contributed by atoms with Crippen molar-refractivity contribution in [2.75, 3.05) is 5.73 Å². The maximum Gasteiger partial charge on any atom is 0.288 e. The summed E-state index contributed by atoms with van der Waals surface area (Å²) in [5.41, 5.74) is 7.97. The summed E-state index contributed by atoms with van der Waals surface area (Å²) in [5.74, 6) is 0.764. The van der Waals surface area contributed by atoms with E-state index in [-0.39, 0.29) is 10.7 Å². The van der Waals surface area contributed by atoms with Gasteiger partial charge in [-0.3, -0.25) is 10.1 Å². The molecule has 7 nitrogen and oxygen atoms in total. The summed E-state index contributed by atoms with van der Waals surface area (Å²) in [6.45, 7) is 1.77. The van der Waals surface area contributed by atoms with E-state index in [1.165, 1.54) is 12.1 Å². The fraction of sp³-hybridized carbons (Fsp3) is 0.333. The van der Waals surface area contributed by atoms with Crippen molar-refractivity contribution in [2.24, 2.45) is 0 Å². The minimum absolute atomic E-state index is 0.0754. The summed E-state index contributed by atoms with van der Waals surface area (Å²) >= 11 is 5.97. The topological polar surface area (TPSA) is 99.9 Å². The number of nitrogens with zero attached hydrogens (tertiary/aromatic N) is 4. The van der Waals surface area contributed by atoms with Crippen LogP contribution in [0.3, 0.4) is 0 Å². The summed E-state index contributed by atoms with van der Waals surface area (Å²) in [4.78, 5) is 10.4. The van der Waals surface area contributed by atoms with Gasteiger partial charge in [0.05, 0.1) is 16.3 Å². The lowest BCUT2D eigenvalue weighted by Gasteiger charge is -2.09. The summed E-state index contributed by atoms with van der Waals surface area (Å²) < 4.78 is 1.64. The molecule has 0 saturated heterocycles. The fourth-order valence-corrected chi connectivity index (χ4v) is 2.47. The van der Waals surface area contributed by atoms with Gasteiger partial charge >= 0.3 is 0 Å². The van der Waals surface area contributed by atoms with Gasteiger partial charge in [0, 0.05) is 12.0 Å². The first kappa shape index (κ1) is 12.9. The summed E-state index contributed by atoms with van der Waals surface area (Å²) in [6.07, 6.45) is 2.11. The number of nitrogens with two attached hydrogens (primary N) is 1. The second kappa shape index (κ2) is 4.45. The van der Waals surface area contributed by atoms with Crippen LogP contribution in [-0.4, -0.2) is 19.9 Å². The molecule has 0 atom stereocenters. The molecule has 0 radical (unpaired) electrons. The molecular formula is C12H12ClN5O2. The van der Waals surface area contributed by atoms with Crippen LogP contribution in [0.25, 0.3) is 5.69 Å². The van der Waals surface area contributed by atoms with E-state index in [4.69, 9.17) is 17.3 Å². The molecule has 0 aliphatic heterocycles. The van der Waals surface area contributed by atoms with Gasteiger partial charge in [-0.1, -0.05) is 16.8 Å². The number of hydrogen-bond acceptors (Lipinski definition) is 5. The first-order valence-electron chi connectivity index (χ1n) is 6.15. The third-order valence-corrected chi connectivity index (χ3v) is 3.69. The van der Waals surface area contributed by atoms with E-state index in [0.29, 0.717) is 23.0 Å². The lowest BCUT2D eigenvalue weighted by Crippen LogP contribution is -2.05. The molecule has 20 heavy (non-hydrogen) atoms. The molecule has 1 aliphatic rings. The molecule has 1 saturated carbocycles. The van der Waals surface area contributed by atoms with Crippen molar-refractivity contribution in [1.29, 1.82) is 0 Å². The molecule has 1 heterocycles. The van der Waals surface area contributed by atoms with Crippen molar-refractivity contribution in [3.8, 4) is 5.69 Å². The van der Waals surface area contributed by atoms with Crippen LogP contribution >= 0.6 is 11.6 Å². The number of hydrogen-bond donors (Lipinski definition) is 1. The minimum Gasteiger partial charge on any atom is -0.381 e. The van der Waals surface area contributed by atoms with Crippen LogP contribution in [0.15, 0.2) is 12.1 Å². The molecule has 0 amide bonds. The van der Waals surface area contributed by atoms with Crippen LogP contribution < -0.4 is 5.73 Å². The van der Waals surface area contributed by atoms with Crippen molar-refractivity contribution in [3.63, 3.8) is 0 Å². The Bertz CT molecular complexity index is 708. The monoisotopic (exact) mass is 293 g/mol. The predicted molar refractivity (Wildman–Crippen MR) is 74.1 cm³/mol. The molecule has 1 aromatic carbocycles. The van der Waals surface area contributed by atoms with Crippen molar-refractivity contribution in [3.05, 3.63) is 38.5 Å². The molecule has 104 valence electrons. The number of aryl methyl sites for hydroxylation is 1. The van der Waals surface area contributed by atoms with Crippen molar-refractivity contribution in [1.82, 2.24) is 15.0 Å². The Morgan fingerprint density at radius 3 is 2.80 bits per heavy atom. The Balaban J connectivity index is 2.16. The predicted octanol–water partition coefficient (Wildman–Crippen LogP) is 2.60. The maximum absolute atomic E-state index is 10.9. The number of rotatable bonds is 3. The smallest absolute Gasteiger partial charge is 0.288 e.